The molecule has 0 amide bonds. The Bertz CT molecular complexity index is 453. The molecule has 16 heavy (non-hydrogen) atoms. The summed E-state index contributed by atoms with van der Waals surface area (Å²) in [4.78, 5) is 0. The maximum Gasteiger partial charge on any atom is 0.276 e. The normalized spacial score (nSPS) is 10.2. The van der Waals surface area contributed by atoms with Crippen LogP contribution in [0.3, 0.4) is 0 Å². The number of nitrogens with zero attached hydrogens (tertiary/aromatic N) is 2. The predicted octanol–water partition coefficient (Wildman–Crippen LogP) is 2.94. The van der Waals surface area contributed by atoms with Crippen LogP contribution in [0.1, 0.15) is 11.5 Å². The fourth-order valence-electron chi connectivity index (χ4n) is 1.27. The van der Waals surface area contributed by atoms with Gasteiger partial charge in [-0.25, -0.2) is 0 Å². The minimum absolute atomic E-state index is 0.603. The monoisotopic (exact) mass is 232 g/mol. The third kappa shape index (κ3) is 2.97. The second-order valence-corrected chi connectivity index (χ2v) is 4.20. The molecule has 1 aromatic carbocycles. The topological polar surface area (TPSA) is 38.9 Å². The molecule has 0 saturated heterocycles. The molecular weight excluding hydrogens is 220 g/mol. The molecule has 0 radical (unpaired) electrons. The summed E-state index contributed by atoms with van der Waals surface area (Å²) < 4.78 is 5.48. The third-order valence-electron chi connectivity index (χ3n) is 1.97. The number of rotatable bonds is 5. The average Bonchev–Trinajstić information content (AvgIpc) is 2.75. The lowest BCUT2D eigenvalue weighted by atomic mass is 10.2. The van der Waals surface area contributed by atoms with Gasteiger partial charge in [-0.15, -0.1) is 16.8 Å². The molecule has 1 heterocycles. The first-order valence-electron chi connectivity index (χ1n) is 4.98. The highest BCUT2D eigenvalue weighted by atomic mass is 32.2. The molecule has 0 unspecified atom stereocenters. The number of thioether (sulfide) groups is 1. The van der Waals surface area contributed by atoms with E-state index in [0.29, 0.717) is 17.5 Å². The minimum Gasteiger partial charge on any atom is -0.416 e. The van der Waals surface area contributed by atoms with Gasteiger partial charge in [0, 0.05) is 5.75 Å². The van der Waals surface area contributed by atoms with Gasteiger partial charge in [0.1, 0.15) is 0 Å². The quantitative estimate of drug-likeness (QED) is 0.587. The Morgan fingerprint density at radius 1 is 1.25 bits per heavy atom. The van der Waals surface area contributed by atoms with E-state index in [9.17, 15) is 0 Å². The summed E-state index contributed by atoms with van der Waals surface area (Å²) in [6, 6.07) is 10.1. The summed E-state index contributed by atoms with van der Waals surface area (Å²) >= 11 is 1.49. The van der Waals surface area contributed by atoms with Crippen molar-refractivity contribution in [1.82, 2.24) is 10.2 Å². The number of hydrogen-bond donors (Lipinski definition) is 0. The Morgan fingerprint density at radius 3 is 2.81 bits per heavy atom. The zero-order chi connectivity index (χ0) is 11.2. The molecule has 0 aliphatic rings. The van der Waals surface area contributed by atoms with Gasteiger partial charge in [-0.3, -0.25) is 0 Å². The fourth-order valence-corrected chi connectivity index (χ4v) is 1.78. The van der Waals surface area contributed by atoms with E-state index in [1.54, 1.807) is 0 Å². The lowest BCUT2D eigenvalue weighted by Gasteiger charge is -1.94. The van der Waals surface area contributed by atoms with Crippen molar-refractivity contribution in [3.8, 4) is 0 Å². The van der Waals surface area contributed by atoms with Gasteiger partial charge < -0.3 is 4.42 Å². The van der Waals surface area contributed by atoms with Crippen LogP contribution in [-0.4, -0.2) is 16.0 Å². The highest BCUT2D eigenvalue weighted by Gasteiger charge is 2.06. The van der Waals surface area contributed by atoms with Crippen LogP contribution < -0.4 is 0 Å². The van der Waals surface area contributed by atoms with E-state index < -0.39 is 0 Å². The molecule has 2 rings (SSSR count). The molecule has 3 nitrogen and oxygen atoms in total. The molecule has 0 bridgehead atoms. The van der Waals surface area contributed by atoms with Crippen molar-refractivity contribution in [3.63, 3.8) is 0 Å². The molecule has 0 aliphatic carbocycles. The van der Waals surface area contributed by atoms with Crippen molar-refractivity contribution >= 4 is 11.8 Å². The van der Waals surface area contributed by atoms with E-state index in [0.717, 1.165) is 5.75 Å². The van der Waals surface area contributed by atoms with Crippen molar-refractivity contribution in [2.45, 2.75) is 11.6 Å². The van der Waals surface area contributed by atoms with Crippen LogP contribution in [0.15, 0.2) is 52.6 Å². The Balaban J connectivity index is 2.00. The maximum absolute atomic E-state index is 5.48. The minimum atomic E-state index is 0.603. The lowest BCUT2D eigenvalue weighted by molar-refractivity contribution is 0.420. The van der Waals surface area contributed by atoms with Gasteiger partial charge in [0.2, 0.25) is 5.89 Å². The Kier molecular flexibility index (Phi) is 3.77. The highest BCUT2D eigenvalue weighted by molar-refractivity contribution is 7.99. The van der Waals surface area contributed by atoms with Gasteiger partial charge in [0.15, 0.2) is 0 Å². The number of benzene rings is 1. The van der Waals surface area contributed by atoms with Gasteiger partial charge in [0.05, 0.1) is 6.42 Å². The number of hydrogen-bond acceptors (Lipinski definition) is 4. The Morgan fingerprint density at radius 2 is 2.06 bits per heavy atom. The highest BCUT2D eigenvalue weighted by Crippen LogP contribution is 2.17. The van der Waals surface area contributed by atoms with Gasteiger partial charge in [0.25, 0.3) is 5.22 Å². The molecule has 0 spiro atoms. The second kappa shape index (κ2) is 5.51. The lowest BCUT2D eigenvalue weighted by Crippen LogP contribution is -1.87. The molecular formula is C12H12N2OS. The van der Waals surface area contributed by atoms with Crippen LogP contribution >= 0.6 is 11.8 Å². The molecule has 0 N–H and O–H groups in total. The molecule has 82 valence electrons. The van der Waals surface area contributed by atoms with Gasteiger partial charge in [-0.05, 0) is 5.56 Å². The maximum atomic E-state index is 5.48. The van der Waals surface area contributed by atoms with Crippen LogP contribution in [0.4, 0.5) is 0 Å². The predicted molar refractivity (Wildman–Crippen MR) is 64.5 cm³/mol. The molecule has 0 aliphatic heterocycles. The van der Waals surface area contributed by atoms with Crippen LogP contribution in [0.25, 0.3) is 0 Å². The van der Waals surface area contributed by atoms with Crippen molar-refractivity contribution < 1.29 is 4.42 Å². The van der Waals surface area contributed by atoms with E-state index in [1.165, 1.54) is 17.3 Å². The fraction of sp³-hybridized carbons (Fsp3) is 0.167. The zero-order valence-corrected chi connectivity index (χ0v) is 9.61. The first kappa shape index (κ1) is 11.0. The average molecular weight is 232 g/mol. The summed E-state index contributed by atoms with van der Waals surface area (Å²) in [5.74, 6) is 1.44. The van der Waals surface area contributed by atoms with Crippen molar-refractivity contribution in [2.24, 2.45) is 0 Å². The summed E-state index contributed by atoms with van der Waals surface area (Å²) in [5.41, 5.74) is 1.17. The van der Waals surface area contributed by atoms with Gasteiger partial charge >= 0.3 is 0 Å². The van der Waals surface area contributed by atoms with E-state index in [2.05, 4.69) is 16.8 Å². The Labute approximate surface area is 98.6 Å². The first-order chi connectivity index (χ1) is 7.88. The largest absolute Gasteiger partial charge is 0.416 e. The van der Waals surface area contributed by atoms with E-state index in [-0.39, 0.29) is 0 Å². The Hall–Kier alpha value is -1.55. The van der Waals surface area contributed by atoms with E-state index >= 15 is 0 Å². The van der Waals surface area contributed by atoms with Crippen molar-refractivity contribution in [3.05, 3.63) is 54.4 Å². The van der Waals surface area contributed by atoms with Gasteiger partial charge in [-0.2, -0.15) is 0 Å². The third-order valence-corrected chi connectivity index (χ3v) is 2.79. The van der Waals surface area contributed by atoms with Crippen LogP contribution in [-0.2, 0) is 6.42 Å². The molecule has 2 aromatic rings. The van der Waals surface area contributed by atoms with E-state index in [4.69, 9.17) is 4.42 Å². The van der Waals surface area contributed by atoms with Crippen molar-refractivity contribution in [1.29, 1.82) is 0 Å². The summed E-state index contributed by atoms with van der Waals surface area (Å²) in [6.07, 6.45) is 2.49. The smallest absolute Gasteiger partial charge is 0.276 e. The molecule has 0 saturated carbocycles. The van der Waals surface area contributed by atoms with Gasteiger partial charge in [-0.1, -0.05) is 48.2 Å². The summed E-state index contributed by atoms with van der Waals surface area (Å²) in [7, 11) is 0. The molecule has 0 atom stereocenters. The summed E-state index contributed by atoms with van der Waals surface area (Å²) in [6.45, 7) is 3.64. The number of aromatic nitrogens is 2. The summed E-state index contributed by atoms with van der Waals surface area (Å²) in [5, 5.41) is 8.54. The molecule has 4 heteroatoms. The molecule has 0 fully saturated rings. The van der Waals surface area contributed by atoms with Crippen LogP contribution in [0.2, 0.25) is 0 Å². The SMILES string of the molecule is C=CCSc1nnc(Cc2ccccc2)o1. The molecule has 1 aromatic heterocycles. The first-order valence-corrected chi connectivity index (χ1v) is 5.97. The van der Waals surface area contributed by atoms with Crippen molar-refractivity contribution in [2.75, 3.05) is 5.75 Å². The van der Waals surface area contributed by atoms with E-state index in [1.807, 2.05) is 36.4 Å². The standard InChI is InChI=1S/C12H12N2OS/c1-2-8-16-12-14-13-11(15-12)9-10-6-4-3-5-7-10/h2-7H,1,8-9H2. The second-order valence-electron chi connectivity index (χ2n) is 3.22. The van der Waals surface area contributed by atoms with Crippen LogP contribution in [0.5, 0.6) is 0 Å². The van der Waals surface area contributed by atoms with Crippen LogP contribution in [0, 0.1) is 0 Å². The zero-order valence-electron chi connectivity index (χ0n) is 8.80.